The summed E-state index contributed by atoms with van der Waals surface area (Å²) in [4.78, 5) is 0. The molecule has 5 saturated carbocycles. The maximum atomic E-state index is 12.5. The quantitative estimate of drug-likeness (QED) is 0.379. The summed E-state index contributed by atoms with van der Waals surface area (Å²) in [6, 6.07) is 0. The van der Waals surface area contributed by atoms with E-state index in [1.807, 2.05) is 20.8 Å². The first-order valence-corrected chi connectivity index (χ1v) is 17.8. The van der Waals surface area contributed by atoms with Gasteiger partial charge in [0.05, 0.1) is 36.6 Å². The van der Waals surface area contributed by atoms with E-state index in [1.54, 1.807) is 0 Å². The minimum Gasteiger partial charge on any atom is -0.390 e. The molecular weight excluding hydrogens is 542 g/mol. The first-order chi connectivity index (χ1) is 20.2. The lowest BCUT2D eigenvalue weighted by Gasteiger charge is -2.64. The molecule has 7 nitrogen and oxygen atoms in total. The smallest absolute Gasteiger partial charge is 0.170 e. The van der Waals surface area contributed by atoms with Crippen LogP contribution in [-0.4, -0.2) is 78.9 Å². The number of hydrogen-bond donors (Lipinski definition) is 3. The van der Waals surface area contributed by atoms with Crippen molar-refractivity contribution in [3.05, 3.63) is 0 Å². The third-order valence-corrected chi connectivity index (χ3v) is 15.4. The fourth-order valence-corrected chi connectivity index (χ4v) is 13.5. The largest absolute Gasteiger partial charge is 0.390 e. The molecule has 0 aromatic heterocycles. The molecule has 0 bridgehead atoms. The van der Waals surface area contributed by atoms with Crippen LogP contribution < -0.4 is 5.32 Å². The second kappa shape index (κ2) is 10.1. The Morgan fingerprint density at radius 3 is 2.42 bits per heavy atom. The predicted octanol–water partition coefficient (Wildman–Crippen LogP) is 5.31. The third-order valence-electron chi connectivity index (χ3n) is 15.4. The molecule has 246 valence electrons. The molecule has 2 spiro atoms. The van der Waals surface area contributed by atoms with E-state index in [0.29, 0.717) is 41.1 Å². The van der Waals surface area contributed by atoms with Gasteiger partial charge in [0.2, 0.25) is 0 Å². The lowest BCUT2D eigenvalue weighted by atomic mass is 9.41. The average Bonchev–Trinajstić information content (AvgIpc) is 3.58. The minimum absolute atomic E-state index is 0.0327. The van der Waals surface area contributed by atoms with E-state index < -0.39 is 17.8 Å². The lowest BCUT2D eigenvalue weighted by Crippen LogP contribution is -2.60. The van der Waals surface area contributed by atoms with Crippen molar-refractivity contribution in [1.29, 1.82) is 0 Å². The molecule has 2 aliphatic heterocycles. The second-order valence-electron chi connectivity index (χ2n) is 17.7. The van der Waals surface area contributed by atoms with E-state index in [2.05, 4.69) is 39.9 Å². The van der Waals surface area contributed by atoms with Gasteiger partial charge in [0.1, 0.15) is 6.10 Å². The molecule has 0 radical (unpaired) electrons. The number of aliphatic hydroxyl groups excluding tert-OH is 1. The zero-order valence-corrected chi connectivity index (χ0v) is 28.3. The number of nitrogens with one attached hydrogen (secondary N) is 1. The van der Waals surface area contributed by atoms with Crippen molar-refractivity contribution in [3.63, 3.8) is 0 Å². The van der Waals surface area contributed by atoms with Gasteiger partial charge in [-0.3, -0.25) is 0 Å². The number of ether oxygens (including phenoxy) is 4. The molecule has 7 heteroatoms. The van der Waals surface area contributed by atoms with Crippen LogP contribution in [-0.2, 0) is 18.9 Å². The van der Waals surface area contributed by atoms with Gasteiger partial charge in [0.15, 0.2) is 6.29 Å². The highest BCUT2D eigenvalue weighted by Gasteiger charge is 2.84. The van der Waals surface area contributed by atoms with Gasteiger partial charge in [0.25, 0.3) is 0 Å². The van der Waals surface area contributed by atoms with Gasteiger partial charge in [-0.05, 0) is 117 Å². The predicted molar refractivity (Wildman–Crippen MR) is 165 cm³/mol. The highest BCUT2D eigenvalue weighted by molar-refractivity contribution is 5.33. The van der Waals surface area contributed by atoms with Crippen LogP contribution in [0.25, 0.3) is 0 Å². The Labute approximate surface area is 260 Å². The summed E-state index contributed by atoms with van der Waals surface area (Å²) in [5, 5.41) is 27.0. The molecule has 0 amide bonds. The Kier molecular flexibility index (Phi) is 7.37. The molecule has 14 atom stereocenters. The summed E-state index contributed by atoms with van der Waals surface area (Å²) in [6.45, 7) is 20.9. The zero-order chi connectivity index (χ0) is 30.8. The SMILES string of the molecule is CCO[C@@H](C1C[C@@H](C)[C@H]2[C@@H](O1)[C@H](O)[C@@]1(C)[C@H]3CC[C@H]4C(C)(C)C(O[C@H]5CNCCO5)CCC45CC35CCC21C)C(C)(C)O. The van der Waals surface area contributed by atoms with Crippen molar-refractivity contribution in [2.24, 2.45) is 50.7 Å². The molecule has 0 aromatic rings. The fourth-order valence-electron chi connectivity index (χ4n) is 13.5. The topological polar surface area (TPSA) is 89.4 Å². The van der Waals surface area contributed by atoms with Crippen LogP contribution in [0.1, 0.15) is 107 Å². The second-order valence-corrected chi connectivity index (χ2v) is 17.7. The van der Waals surface area contributed by atoms with Crippen LogP contribution in [0.3, 0.4) is 0 Å². The number of aliphatic hydroxyl groups is 2. The zero-order valence-electron chi connectivity index (χ0n) is 28.3. The van der Waals surface area contributed by atoms with Crippen LogP contribution in [0, 0.1) is 50.7 Å². The minimum atomic E-state index is -1.00. The molecule has 0 aromatic carbocycles. The van der Waals surface area contributed by atoms with E-state index in [9.17, 15) is 10.2 Å². The van der Waals surface area contributed by atoms with Crippen LogP contribution in [0.2, 0.25) is 0 Å². The highest BCUT2D eigenvalue weighted by Crippen LogP contribution is 2.89. The van der Waals surface area contributed by atoms with Crippen molar-refractivity contribution in [2.45, 2.75) is 149 Å². The molecule has 7 aliphatic rings. The van der Waals surface area contributed by atoms with Gasteiger partial charge in [-0.25, -0.2) is 0 Å². The molecule has 3 N–H and O–H groups in total. The Hall–Kier alpha value is -0.280. The Balaban J connectivity index is 1.16. The van der Waals surface area contributed by atoms with Gasteiger partial charge >= 0.3 is 0 Å². The van der Waals surface area contributed by atoms with Crippen molar-refractivity contribution >= 4 is 0 Å². The molecule has 43 heavy (non-hydrogen) atoms. The van der Waals surface area contributed by atoms with E-state index in [4.69, 9.17) is 18.9 Å². The lowest BCUT2D eigenvalue weighted by molar-refractivity contribution is -0.237. The van der Waals surface area contributed by atoms with E-state index in [-0.39, 0.29) is 40.8 Å². The molecule has 5 unspecified atom stereocenters. The van der Waals surface area contributed by atoms with E-state index >= 15 is 0 Å². The summed E-state index contributed by atoms with van der Waals surface area (Å²) in [5.41, 5.74) is -0.354. The molecule has 2 heterocycles. The summed E-state index contributed by atoms with van der Waals surface area (Å²) >= 11 is 0. The van der Waals surface area contributed by atoms with Gasteiger partial charge in [-0.15, -0.1) is 0 Å². The van der Waals surface area contributed by atoms with Crippen LogP contribution in [0.15, 0.2) is 0 Å². The molecule has 5 aliphatic carbocycles. The first kappa shape index (κ1) is 31.3. The summed E-state index contributed by atoms with van der Waals surface area (Å²) in [6.07, 6.45) is 8.19. The molecule has 7 rings (SSSR count). The number of fused-ring (bicyclic) bond motifs is 4. The maximum Gasteiger partial charge on any atom is 0.170 e. The van der Waals surface area contributed by atoms with Crippen molar-refractivity contribution in [2.75, 3.05) is 26.3 Å². The summed E-state index contributed by atoms with van der Waals surface area (Å²) in [5.74, 6) is 1.89. The van der Waals surface area contributed by atoms with Crippen molar-refractivity contribution in [1.82, 2.24) is 5.32 Å². The average molecular weight is 604 g/mol. The summed E-state index contributed by atoms with van der Waals surface area (Å²) < 4.78 is 25.7. The van der Waals surface area contributed by atoms with E-state index in [1.165, 1.54) is 38.5 Å². The van der Waals surface area contributed by atoms with Crippen LogP contribution >= 0.6 is 0 Å². The van der Waals surface area contributed by atoms with E-state index in [0.717, 1.165) is 32.5 Å². The van der Waals surface area contributed by atoms with Gasteiger partial charge in [-0.1, -0.05) is 34.6 Å². The van der Waals surface area contributed by atoms with Crippen LogP contribution in [0.5, 0.6) is 0 Å². The molecule has 2 saturated heterocycles. The van der Waals surface area contributed by atoms with Crippen molar-refractivity contribution < 1.29 is 29.2 Å². The fraction of sp³-hybridized carbons (Fsp3) is 1.00. The summed E-state index contributed by atoms with van der Waals surface area (Å²) in [7, 11) is 0. The Bertz CT molecular complexity index is 1070. The monoisotopic (exact) mass is 603 g/mol. The van der Waals surface area contributed by atoms with Crippen molar-refractivity contribution in [3.8, 4) is 0 Å². The number of hydrogen-bond acceptors (Lipinski definition) is 7. The normalized spacial score (nSPS) is 54.4. The molecule has 7 fully saturated rings. The van der Waals surface area contributed by atoms with Gasteiger partial charge in [-0.2, -0.15) is 0 Å². The highest BCUT2D eigenvalue weighted by atomic mass is 16.7. The standard InChI is InChI=1S/C36H61NO6/c1-9-40-30(32(5,6)39)22-18-21(2)27-28(42-22)29(38)34(8)24-11-10-23-31(3,4)25(43-26-19-37-16-17-41-26)12-13-35(23)20-36(24,35)15-14-33(27,34)7/h21-30,37-39H,9-20H2,1-8H3/t21-,22?,23+,24-,25?,26+,27+,28-,29+,30+,33?,34-,35?,36?/m1/s1. The number of rotatable bonds is 6. The van der Waals surface area contributed by atoms with Gasteiger partial charge < -0.3 is 34.5 Å². The maximum absolute atomic E-state index is 12.5. The Morgan fingerprint density at radius 1 is 1.02 bits per heavy atom. The number of morpholine rings is 1. The first-order valence-electron chi connectivity index (χ1n) is 17.8. The van der Waals surface area contributed by atoms with Crippen LogP contribution in [0.4, 0.5) is 0 Å². The third kappa shape index (κ3) is 4.10. The Morgan fingerprint density at radius 2 is 1.74 bits per heavy atom. The molecular formula is C36H61NO6. The van der Waals surface area contributed by atoms with Gasteiger partial charge in [0, 0.05) is 25.1 Å².